The highest BCUT2D eigenvalue weighted by molar-refractivity contribution is 9.10. The van der Waals surface area contributed by atoms with Crippen molar-refractivity contribution in [2.24, 2.45) is 5.73 Å². The van der Waals surface area contributed by atoms with Crippen LogP contribution in [-0.4, -0.2) is 16.7 Å². The molecule has 11 heavy (non-hydrogen) atoms. The molecule has 0 amide bonds. The van der Waals surface area contributed by atoms with Crippen molar-refractivity contribution >= 4 is 15.9 Å². The number of hydrogen-bond acceptors (Lipinski definition) is 2. The van der Waals surface area contributed by atoms with Gasteiger partial charge in [-0.15, -0.1) is 0 Å². The summed E-state index contributed by atoms with van der Waals surface area (Å²) in [4.78, 5) is 2.96. The Morgan fingerprint density at radius 2 is 2.45 bits per heavy atom. The number of rotatable bonds is 3. The molecule has 0 spiro atoms. The summed E-state index contributed by atoms with van der Waals surface area (Å²) in [5, 5.41) is 8.60. The molecular weight excluding hydrogens is 208 g/mol. The lowest BCUT2D eigenvalue weighted by Crippen LogP contribution is -2.10. The highest BCUT2D eigenvalue weighted by atomic mass is 79.9. The maximum absolute atomic E-state index is 8.60. The Hall–Kier alpha value is -0.320. The first-order chi connectivity index (χ1) is 5.24. The summed E-state index contributed by atoms with van der Waals surface area (Å²) in [6, 6.07) is 1.85. The normalized spacial score (nSPS) is 13.4. The second-order valence-electron chi connectivity index (χ2n) is 2.40. The van der Waals surface area contributed by atoms with Crippen LogP contribution in [0, 0.1) is 0 Å². The number of aliphatic hydroxyl groups is 1. The van der Waals surface area contributed by atoms with Crippen molar-refractivity contribution < 1.29 is 5.11 Å². The van der Waals surface area contributed by atoms with E-state index in [0.717, 1.165) is 10.2 Å². The largest absolute Gasteiger partial charge is 0.396 e. The molecule has 0 saturated carbocycles. The van der Waals surface area contributed by atoms with Crippen LogP contribution in [0.25, 0.3) is 0 Å². The molecular formula is C7H11BrN2O. The van der Waals surface area contributed by atoms with Crippen molar-refractivity contribution in [3.8, 4) is 0 Å². The zero-order valence-corrected chi connectivity index (χ0v) is 7.63. The molecule has 1 atom stereocenters. The number of halogens is 1. The minimum absolute atomic E-state index is 0.0671. The predicted octanol–water partition coefficient (Wildman–Crippen LogP) is 1.16. The van der Waals surface area contributed by atoms with Crippen LogP contribution in [0.3, 0.4) is 0 Å². The fraction of sp³-hybridized carbons (Fsp3) is 0.429. The Bertz CT molecular complexity index is 224. The molecule has 0 bridgehead atoms. The van der Waals surface area contributed by atoms with Gasteiger partial charge in [-0.25, -0.2) is 0 Å². The van der Waals surface area contributed by atoms with Crippen LogP contribution < -0.4 is 5.73 Å². The number of H-pyrrole nitrogens is 1. The Labute approximate surface area is 73.7 Å². The summed E-state index contributed by atoms with van der Waals surface area (Å²) >= 11 is 3.28. The monoisotopic (exact) mass is 218 g/mol. The summed E-state index contributed by atoms with van der Waals surface area (Å²) in [6.07, 6.45) is 2.44. The van der Waals surface area contributed by atoms with Crippen molar-refractivity contribution in [3.63, 3.8) is 0 Å². The average Bonchev–Trinajstić information content (AvgIpc) is 2.36. The van der Waals surface area contributed by atoms with Crippen LogP contribution in [-0.2, 0) is 0 Å². The molecule has 0 unspecified atom stereocenters. The van der Waals surface area contributed by atoms with Crippen LogP contribution in [0.1, 0.15) is 18.0 Å². The Kier molecular flexibility index (Phi) is 3.11. The van der Waals surface area contributed by atoms with Gasteiger partial charge in [0, 0.05) is 18.8 Å². The molecule has 0 aromatic carbocycles. The van der Waals surface area contributed by atoms with Gasteiger partial charge in [-0.2, -0.15) is 0 Å². The standard InChI is InChI=1S/C7H11BrN2O/c8-7-3-5(4-10-7)6(9)1-2-11/h3-4,6,10-11H,1-2,9H2/t6-/m1/s1. The van der Waals surface area contributed by atoms with Crippen molar-refractivity contribution in [3.05, 3.63) is 22.4 Å². The minimum Gasteiger partial charge on any atom is -0.396 e. The molecule has 4 heteroatoms. The van der Waals surface area contributed by atoms with Crippen LogP contribution >= 0.6 is 15.9 Å². The molecule has 1 aromatic rings. The van der Waals surface area contributed by atoms with Gasteiger partial charge in [-0.05, 0) is 34.0 Å². The molecule has 1 rings (SSSR count). The second kappa shape index (κ2) is 3.90. The Morgan fingerprint density at radius 1 is 1.73 bits per heavy atom. The summed E-state index contributed by atoms with van der Waals surface area (Å²) < 4.78 is 0.917. The number of aromatic amines is 1. The van der Waals surface area contributed by atoms with Gasteiger partial charge in [0.05, 0.1) is 4.60 Å². The van der Waals surface area contributed by atoms with E-state index < -0.39 is 0 Å². The zero-order valence-electron chi connectivity index (χ0n) is 6.05. The summed E-state index contributed by atoms with van der Waals surface area (Å²) in [5.41, 5.74) is 6.74. The quantitative estimate of drug-likeness (QED) is 0.714. The van der Waals surface area contributed by atoms with E-state index >= 15 is 0 Å². The van der Waals surface area contributed by atoms with E-state index in [1.54, 1.807) is 0 Å². The third-order valence-corrected chi connectivity index (χ3v) is 2.00. The molecule has 3 nitrogen and oxygen atoms in total. The fourth-order valence-electron chi connectivity index (χ4n) is 0.902. The highest BCUT2D eigenvalue weighted by Crippen LogP contribution is 2.17. The van der Waals surface area contributed by atoms with E-state index in [1.807, 2.05) is 12.3 Å². The van der Waals surface area contributed by atoms with Crippen LogP contribution in [0.15, 0.2) is 16.9 Å². The number of nitrogens with two attached hydrogens (primary N) is 1. The van der Waals surface area contributed by atoms with Crippen molar-refractivity contribution in [2.75, 3.05) is 6.61 Å². The Balaban J connectivity index is 2.60. The molecule has 4 N–H and O–H groups in total. The molecule has 0 saturated heterocycles. The first-order valence-corrected chi connectivity index (χ1v) is 4.23. The maximum Gasteiger partial charge on any atom is 0.0823 e. The van der Waals surface area contributed by atoms with Gasteiger partial charge in [-0.1, -0.05) is 0 Å². The smallest absolute Gasteiger partial charge is 0.0823 e. The van der Waals surface area contributed by atoms with Gasteiger partial charge >= 0.3 is 0 Å². The van der Waals surface area contributed by atoms with Gasteiger partial charge < -0.3 is 15.8 Å². The SMILES string of the molecule is N[C@H](CCO)c1c[nH]c(Br)c1. The number of hydrogen-bond donors (Lipinski definition) is 3. The van der Waals surface area contributed by atoms with E-state index in [2.05, 4.69) is 20.9 Å². The Morgan fingerprint density at radius 3 is 2.91 bits per heavy atom. The summed E-state index contributed by atoms with van der Waals surface area (Å²) in [6.45, 7) is 0.129. The first-order valence-electron chi connectivity index (χ1n) is 3.44. The lowest BCUT2D eigenvalue weighted by molar-refractivity contribution is 0.276. The third kappa shape index (κ3) is 2.32. The topological polar surface area (TPSA) is 62.0 Å². The lowest BCUT2D eigenvalue weighted by atomic mass is 10.1. The van der Waals surface area contributed by atoms with Crippen molar-refractivity contribution in [2.45, 2.75) is 12.5 Å². The number of aliphatic hydroxyl groups excluding tert-OH is 1. The summed E-state index contributed by atoms with van der Waals surface area (Å²) in [7, 11) is 0. The van der Waals surface area contributed by atoms with Gasteiger partial charge in [-0.3, -0.25) is 0 Å². The van der Waals surface area contributed by atoms with E-state index in [9.17, 15) is 0 Å². The molecule has 62 valence electrons. The molecule has 1 aromatic heterocycles. The van der Waals surface area contributed by atoms with E-state index in [1.165, 1.54) is 0 Å². The molecule has 0 aliphatic carbocycles. The fourth-order valence-corrected chi connectivity index (χ4v) is 1.28. The number of nitrogens with one attached hydrogen (secondary N) is 1. The lowest BCUT2D eigenvalue weighted by Gasteiger charge is -2.05. The predicted molar refractivity (Wildman–Crippen MR) is 47.1 cm³/mol. The second-order valence-corrected chi connectivity index (χ2v) is 3.25. The summed E-state index contributed by atoms with van der Waals surface area (Å²) in [5.74, 6) is 0. The van der Waals surface area contributed by atoms with E-state index in [-0.39, 0.29) is 12.6 Å². The van der Waals surface area contributed by atoms with Crippen LogP contribution in [0.2, 0.25) is 0 Å². The van der Waals surface area contributed by atoms with Crippen LogP contribution in [0.5, 0.6) is 0 Å². The molecule has 0 radical (unpaired) electrons. The zero-order chi connectivity index (χ0) is 8.27. The van der Waals surface area contributed by atoms with E-state index in [4.69, 9.17) is 10.8 Å². The minimum atomic E-state index is -0.0671. The van der Waals surface area contributed by atoms with Gasteiger partial charge in [0.15, 0.2) is 0 Å². The molecule has 1 heterocycles. The maximum atomic E-state index is 8.60. The van der Waals surface area contributed by atoms with Gasteiger partial charge in [0.2, 0.25) is 0 Å². The highest BCUT2D eigenvalue weighted by Gasteiger charge is 2.05. The molecule has 0 fully saturated rings. The molecule has 0 aliphatic rings. The van der Waals surface area contributed by atoms with Crippen molar-refractivity contribution in [1.82, 2.24) is 4.98 Å². The average molecular weight is 219 g/mol. The van der Waals surface area contributed by atoms with Crippen LogP contribution in [0.4, 0.5) is 0 Å². The third-order valence-electron chi connectivity index (χ3n) is 1.54. The molecule has 0 aliphatic heterocycles. The van der Waals surface area contributed by atoms with Gasteiger partial charge in [0.1, 0.15) is 0 Å². The van der Waals surface area contributed by atoms with Gasteiger partial charge in [0.25, 0.3) is 0 Å². The van der Waals surface area contributed by atoms with E-state index in [0.29, 0.717) is 6.42 Å². The van der Waals surface area contributed by atoms with Crippen molar-refractivity contribution in [1.29, 1.82) is 0 Å². The first kappa shape index (κ1) is 8.77. The number of aromatic nitrogens is 1.